The van der Waals surface area contributed by atoms with E-state index in [-0.39, 0.29) is 6.10 Å². The van der Waals surface area contributed by atoms with Gasteiger partial charge in [0.2, 0.25) is 0 Å². The summed E-state index contributed by atoms with van der Waals surface area (Å²) in [6.07, 6.45) is 4.84. The molecule has 0 spiro atoms. The van der Waals surface area contributed by atoms with Crippen molar-refractivity contribution in [2.75, 3.05) is 0 Å². The van der Waals surface area contributed by atoms with Crippen LogP contribution in [0, 0.1) is 23.7 Å². The standard InChI is InChI=1S/C11H8BrNO/c1-3-8(2)14-11-5-4-10(12)6-9(11)7-13/h1,4-6,8H,2H3. The van der Waals surface area contributed by atoms with Crippen LogP contribution in [0.15, 0.2) is 22.7 Å². The van der Waals surface area contributed by atoms with Crippen molar-refractivity contribution in [3.63, 3.8) is 0 Å². The molecule has 2 nitrogen and oxygen atoms in total. The topological polar surface area (TPSA) is 33.0 Å². The molecule has 70 valence electrons. The van der Waals surface area contributed by atoms with E-state index in [4.69, 9.17) is 16.4 Å². The van der Waals surface area contributed by atoms with Crippen molar-refractivity contribution in [2.45, 2.75) is 13.0 Å². The van der Waals surface area contributed by atoms with Crippen LogP contribution in [0.2, 0.25) is 0 Å². The Balaban J connectivity index is 2.99. The molecule has 0 radical (unpaired) electrons. The molecule has 1 atom stereocenters. The zero-order valence-electron chi connectivity index (χ0n) is 7.62. The first kappa shape index (κ1) is 10.6. The van der Waals surface area contributed by atoms with Gasteiger partial charge in [-0.05, 0) is 25.1 Å². The first-order valence-corrected chi connectivity index (χ1v) is 4.79. The van der Waals surface area contributed by atoms with Crippen LogP contribution < -0.4 is 4.74 Å². The lowest BCUT2D eigenvalue weighted by molar-refractivity contribution is 0.278. The normalized spacial score (nSPS) is 11.1. The summed E-state index contributed by atoms with van der Waals surface area (Å²) in [6.45, 7) is 1.75. The summed E-state index contributed by atoms with van der Waals surface area (Å²) in [5.41, 5.74) is 0.474. The molecule has 0 saturated carbocycles. The van der Waals surface area contributed by atoms with Crippen molar-refractivity contribution in [1.82, 2.24) is 0 Å². The van der Waals surface area contributed by atoms with E-state index in [9.17, 15) is 0 Å². The molecule has 0 bridgehead atoms. The van der Waals surface area contributed by atoms with Gasteiger partial charge in [0.05, 0.1) is 5.56 Å². The van der Waals surface area contributed by atoms with Crippen molar-refractivity contribution in [3.8, 4) is 24.2 Å². The van der Waals surface area contributed by atoms with Crippen LogP contribution >= 0.6 is 15.9 Å². The third-order valence-electron chi connectivity index (χ3n) is 1.60. The van der Waals surface area contributed by atoms with Gasteiger partial charge in [0.25, 0.3) is 0 Å². The van der Waals surface area contributed by atoms with E-state index in [1.165, 1.54) is 0 Å². The number of hydrogen-bond acceptors (Lipinski definition) is 2. The molecule has 0 aromatic heterocycles. The van der Waals surface area contributed by atoms with E-state index in [2.05, 4.69) is 21.9 Å². The average Bonchev–Trinajstić information content (AvgIpc) is 2.20. The Morgan fingerprint density at radius 2 is 2.29 bits per heavy atom. The van der Waals surface area contributed by atoms with E-state index >= 15 is 0 Å². The zero-order chi connectivity index (χ0) is 10.6. The fourth-order valence-corrected chi connectivity index (χ4v) is 1.28. The first-order chi connectivity index (χ1) is 6.67. The van der Waals surface area contributed by atoms with Gasteiger partial charge < -0.3 is 4.74 Å². The Morgan fingerprint density at radius 1 is 1.57 bits per heavy atom. The molecule has 1 unspecified atom stereocenters. The number of benzene rings is 1. The Morgan fingerprint density at radius 3 is 2.86 bits per heavy atom. The van der Waals surface area contributed by atoms with Crippen LogP contribution in [0.25, 0.3) is 0 Å². The Hall–Kier alpha value is -1.45. The van der Waals surface area contributed by atoms with E-state index in [0.717, 1.165) is 4.47 Å². The monoisotopic (exact) mass is 249 g/mol. The number of hydrogen-bond donors (Lipinski definition) is 0. The van der Waals surface area contributed by atoms with Gasteiger partial charge in [-0.25, -0.2) is 0 Å². The third-order valence-corrected chi connectivity index (χ3v) is 2.09. The molecule has 1 aromatic carbocycles. The molecule has 0 aliphatic heterocycles. The molecule has 0 N–H and O–H groups in total. The first-order valence-electron chi connectivity index (χ1n) is 4.00. The second kappa shape index (κ2) is 4.69. The summed E-state index contributed by atoms with van der Waals surface area (Å²) in [5.74, 6) is 2.95. The van der Waals surface area contributed by atoms with Crippen molar-refractivity contribution < 1.29 is 4.74 Å². The number of nitriles is 1. The molecular formula is C11H8BrNO. The van der Waals surface area contributed by atoms with Crippen LogP contribution in [0.5, 0.6) is 5.75 Å². The second-order valence-corrected chi connectivity index (χ2v) is 3.59. The van der Waals surface area contributed by atoms with E-state index in [1.54, 1.807) is 25.1 Å². The summed E-state index contributed by atoms with van der Waals surface area (Å²) in [5, 5.41) is 8.83. The molecule has 0 saturated heterocycles. The van der Waals surface area contributed by atoms with Crippen molar-refractivity contribution >= 4 is 15.9 Å². The lowest BCUT2D eigenvalue weighted by Gasteiger charge is -2.10. The van der Waals surface area contributed by atoms with Gasteiger partial charge in [0.1, 0.15) is 11.8 Å². The molecular weight excluding hydrogens is 242 g/mol. The lowest BCUT2D eigenvalue weighted by Crippen LogP contribution is -2.09. The second-order valence-electron chi connectivity index (χ2n) is 2.68. The Kier molecular flexibility index (Phi) is 3.56. The SMILES string of the molecule is C#CC(C)Oc1ccc(Br)cc1C#N. The van der Waals surface area contributed by atoms with Gasteiger partial charge in [-0.3, -0.25) is 0 Å². The van der Waals surface area contributed by atoms with Crippen LogP contribution in [0.1, 0.15) is 12.5 Å². The van der Waals surface area contributed by atoms with Crippen molar-refractivity contribution in [2.24, 2.45) is 0 Å². The highest BCUT2D eigenvalue weighted by atomic mass is 79.9. The predicted octanol–water partition coefficient (Wildman–Crippen LogP) is 2.72. The number of nitrogens with zero attached hydrogens (tertiary/aromatic N) is 1. The number of rotatable bonds is 2. The van der Waals surface area contributed by atoms with Crippen LogP contribution in [0.3, 0.4) is 0 Å². The molecule has 0 aliphatic rings. The van der Waals surface area contributed by atoms with Gasteiger partial charge in [-0.1, -0.05) is 21.9 Å². The average molecular weight is 250 g/mol. The number of terminal acetylenes is 1. The maximum absolute atomic E-state index is 8.83. The number of halogens is 1. The molecule has 14 heavy (non-hydrogen) atoms. The molecule has 1 aromatic rings. The molecule has 0 aliphatic carbocycles. The van der Waals surface area contributed by atoms with E-state index < -0.39 is 0 Å². The zero-order valence-corrected chi connectivity index (χ0v) is 9.21. The summed E-state index contributed by atoms with van der Waals surface area (Å²) in [6, 6.07) is 7.26. The highest BCUT2D eigenvalue weighted by Gasteiger charge is 2.06. The minimum atomic E-state index is -0.330. The lowest BCUT2D eigenvalue weighted by atomic mass is 10.2. The highest BCUT2D eigenvalue weighted by Crippen LogP contribution is 2.23. The van der Waals surface area contributed by atoms with Crippen LogP contribution in [-0.4, -0.2) is 6.10 Å². The predicted molar refractivity (Wildman–Crippen MR) is 57.8 cm³/mol. The smallest absolute Gasteiger partial charge is 0.156 e. The molecule has 0 fully saturated rings. The minimum absolute atomic E-state index is 0.330. The molecule has 0 heterocycles. The fourth-order valence-electron chi connectivity index (χ4n) is 0.917. The number of ether oxygens (including phenoxy) is 1. The summed E-state index contributed by atoms with van der Waals surface area (Å²) in [4.78, 5) is 0. The largest absolute Gasteiger partial charge is 0.477 e. The van der Waals surface area contributed by atoms with Crippen molar-refractivity contribution in [1.29, 1.82) is 5.26 Å². The van der Waals surface area contributed by atoms with Gasteiger partial charge in [-0.2, -0.15) is 5.26 Å². The summed E-state index contributed by atoms with van der Waals surface area (Å²) < 4.78 is 6.20. The fraction of sp³-hybridized carbons (Fsp3) is 0.182. The maximum Gasteiger partial charge on any atom is 0.156 e. The van der Waals surface area contributed by atoms with Gasteiger partial charge in [-0.15, -0.1) is 6.42 Å². The van der Waals surface area contributed by atoms with Gasteiger partial charge in [0, 0.05) is 4.47 Å². The molecule has 0 amide bonds. The Bertz CT molecular complexity index is 414. The molecule has 1 rings (SSSR count). The maximum atomic E-state index is 8.83. The third kappa shape index (κ3) is 2.52. The van der Waals surface area contributed by atoms with Crippen molar-refractivity contribution in [3.05, 3.63) is 28.2 Å². The quantitative estimate of drug-likeness (QED) is 0.756. The van der Waals surface area contributed by atoms with Gasteiger partial charge in [0.15, 0.2) is 6.10 Å². The van der Waals surface area contributed by atoms with Crippen LogP contribution in [-0.2, 0) is 0 Å². The summed E-state index contributed by atoms with van der Waals surface area (Å²) in [7, 11) is 0. The minimum Gasteiger partial charge on any atom is -0.477 e. The van der Waals surface area contributed by atoms with Crippen LogP contribution in [0.4, 0.5) is 0 Å². The van der Waals surface area contributed by atoms with Gasteiger partial charge >= 0.3 is 0 Å². The van der Waals surface area contributed by atoms with E-state index in [1.807, 2.05) is 6.07 Å². The highest BCUT2D eigenvalue weighted by molar-refractivity contribution is 9.10. The summed E-state index contributed by atoms with van der Waals surface area (Å²) >= 11 is 3.27. The Labute approximate surface area is 91.6 Å². The molecule has 3 heteroatoms. The van der Waals surface area contributed by atoms with E-state index in [0.29, 0.717) is 11.3 Å².